The second-order valence-corrected chi connectivity index (χ2v) is 6.65. The van der Waals surface area contributed by atoms with E-state index in [0.29, 0.717) is 31.7 Å². The van der Waals surface area contributed by atoms with Gasteiger partial charge >= 0.3 is 0 Å². The third kappa shape index (κ3) is 8.24. The van der Waals surface area contributed by atoms with Crippen molar-refractivity contribution in [3.8, 4) is 5.75 Å². The van der Waals surface area contributed by atoms with Crippen LogP contribution in [0.2, 0.25) is 0 Å². The molecule has 148 valence electrons. The van der Waals surface area contributed by atoms with Crippen molar-refractivity contribution in [1.29, 1.82) is 0 Å². The molecule has 0 aliphatic rings. The maximum absolute atomic E-state index is 11.9. The molecule has 1 N–H and O–H groups in total. The van der Waals surface area contributed by atoms with Crippen LogP contribution in [0, 0.1) is 0 Å². The number of unbranched alkanes of at least 4 members (excludes halogenated alkanes) is 1. The topological polar surface area (TPSA) is 77.2 Å². The number of aromatic nitrogens is 2. The van der Waals surface area contributed by atoms with Gasteiger partial charge in [-0.15, -0.1) is 0 Å². The van der Waals surface area contributed by atoms with Gasteiger partial charge < -0.3 is 14.6 Å². The number of amides is 1. The summed E-state index contributed by atoms with van der Waals surface area (Å²) in [6.07, 6.45) is 6.66. The Bertz CT molecular complexity index is 668. The number of carbonyl (C=O) groups is 1. The molecule has 0 fully saturated rings. The molecule has 0 unspecified atom stereocenters. The zero-order valence-electron chi connectivity index (χ0n) is 16.5. The lowest BCUT2D eigenvalue weighted by Crippen LogP contribution is -2.25. The van der Waals surface area contributed by atoms with Crippen LogP contribution in [0.5, 0.6) is 5.75 Å². The van der Waals surface area contributed by atoms with Gasteiger partial charge in [0.05, 0.1) is 6.61 Å². The lowest BCUT2D eigenvalue weighted by atomic mass is 10.1. The summed E-state index contributed by atoms with van der Waals surface area (Å²) in [7, 11) is 0. The summed E-state index contributed by atoms with van der Waals surface area (Å²) in [5.74, 6) is 2.33. The van der Waals surface area contributed by atoms with Crippen molar-refractivity contribution in [3.63, 3.8) is 0 Å². The monoisotopic (exact) mass is 373 g/mol. The number of carbonyl (C=O) groups excluding carboxylic acids is 1. The van der Waals surface area contributed by atoms with Crippen molar-refractivity contribution >= 4 is 5.91 Å². The van der Waals surface area contributed by atoms with Crippen LogP contribution >= 0.6 is 0 Å². The van der Waals surface area contributed by atoms with E-state index in [0.717, 1.165) is 50.3 Å². The van der Waals surface area contributed by atoms with Crippen molar-refractivity contribution in [2.45, 2.75) is 65.2 Å². The lowest BCUT2D eigenvalue weighted by Gasteiger charge is -2.07. The molecule has 0 saturated carbocycles. The Morgan fingerprint density at radius 2 is 1.89 bits per heavy atom. The molecule has 1 heterocycles. The molecular weight excluding hydrogens is 342 g/mol. The summed E-state index contributed by atoms with van der Waals surface area (Å²) in [6, 6.07) is 8.09. The average molecular weight is 373 g/mol. The number of nitrogens with one attached hydrogen (secondary N) is 1. The molecule has 0 spiro atoms. The second kappa shape index (κ2) is 12.1. The highest BCUT2D eigenvalue weighted by atomic mass is 16.5. The van der Waals surface area contributed by atoms with Crippen LogP contribution in [-0.4, -0.2) is 29.2 Å². The van der Waals surface area contributed by atoms with E-state index < -0.39 is 0 Å². The quantitative estimate of drug-likeness (QED) is 0.539. The summed E-state index contributed by atoms with van der Waals surface area (Å²) in [5.41, 5.74) is 1.19. The van der Waals surface area contributed by atoms with E-state index in [1.54, 1.807) is 0 Å². The molecule has 27 heavy (non-hydrogen) atoms. The molecule has 2 rings (SSSR count). The number of hydrogen-bond donors (Lipinski definition) is 1. The Morgan fingerprint density at radius 3 is 2.63 bits per heavy atom. The molecule has 0 aliphatic heterocycles. The van der Waals surface area contributed by atoms with Gasteiger partial charge in [0.2, 0.25) is 11.8 Å². The number of aryl methyl sites for hydroxylation is 2. The van der Waals surface area contributed by atoms with Crippen molar-refractivity contribution in [2.24, 2.45) is 0 Å². The normalized spacial score (nSPS) is 10.7. The first-order valence-corrected chi connectivity index (χ1v) is 10.0. The molecule has 1 aromatic heterocycles. The number of hydrogen-bond acceptors (Lipinski definition) is 5. The standard InChI is InChI=1S/C21H31N3O3/c1-3-5-16-26-18-12-10-17(11-13-18)14-15-22-20(25)8-6-9-21-23-19(7-4-2)24-27-21/h10-13H,3-9,14-16H2,1-2H3,(H,22,25). The third-order valence-electron chi connectivity index (χ3n) is 4.20. The number of rotatable bonds is 13. The van der Waals surface area contributed by atoms with Crippen LogP contribution in [0.3, 0.4) is 0 Å². The van der Waals surface area contributed by atoms with E-state index in [4.69, 9.17) is 9.26 Å². The fraction of sp³-hybridized carbons (Fsp3) is 0.571. The van der Waals surface area contributed by atoms with Crippen LogP contribution < -0.4 is 10.1 Å². The van der Waals surface area contributed by atoms with Crippen LogP contribution in [0.25, 0.3) is 0 Å². The fourth-order valence-electron chi connectivity index (χ4n) is 2.64. The second-order valence-electron chi connectivity index (χ2n) is 6.65. The molecule has 2 aromatic rings. The molecule has 0 aliphatic carbocycles. The fourth-order valence-corrected chi connectivity index (χ4v) is 2.64. The Balaban J connectivity index is 1.58. The highest BCUT2D eigenvalue weighted by Crippen LogP contribution is 2.13. The molecule has 0 atom stereocenters. The van der Waals surface area contributed by atoms with E-state index in [-0.39, 0.29) is 5.91 Å². The Labute approximate surface area is 161 Å². The minimum atomic E-state index is 0.0582. The van der Waals surface area contributed by atoms with Gasteiger partial charge in [0.25, 0.3) is 0 Å². The van der Waals surface area contributed by atoms with Crippen molar-refractivity contribution in [3.05, 3.63) is 41.5 Å². The van der Waals surface area contributed by atoms with Crippen molar-refractivity contribution in [1.82, 2.24) is 15.5 Å². The van der Waals surface area contributed by atoms with E-state index >= 15 is 0 Å². The molecule has 6 nitrogen and oxygen atoms in total. The van der Waals surface area contributed by atoms with Crippen LogP contribution in [0.4, 0.5) is 0 Å². The molecule has 6 heteroatoms. The van der Waals surface area contributed by atoms with Gasteiger partial charge in [-0.25, -0.2) is 0 Å². The first-order valence-electron chi connectivity index (χ1n) is 10.0. The average Bonchev–Trinajstić information content (AvgIpc) is 3.11. The molecule has 0 saturated heterocycles. The number of nitrogens with zero attached hydrogens (tertiary/aromatic N) is 2. The molecule has 1 amide bonds. The number of ether oxygens (including phenoxy) is 1. The van der Waals surface area contributed by atoms with E-state index in [2.05, 4.69) is 41.4 Å². The SMILES string of the molecule is CCCCOc1ccc(CCNC(=O)CCCc2nc(CCC)no2)cc1. The summed E-state index contributed by atoms with van der Waals surface area (Å²) in [5, 5.41) is 6.88. The summed E-state index contributed by atoms with van der Waals surface area (Å²) in [6.45, 7) is 5.62. The molecular formula is C21H31N3O3. The van der Waals surface area contributed by atoms with Crippen molar-refractivity contribution < 1.29 is 14.1 Å². The highest BCUT2D eigenvalue weighted by Gasteiger charge is 2.07. The van der Waals surface area contributed by atoms with Gasteiger partial charge in [0.1, 0.15) is 5.75 Å². The van der Waals surface area contributed by atoms with Gasteiger partial charge in [-0.2, -0.15) is 4.98 Å². The lowest BCUT2D eigenvalue weighted by molar-refractivity contribution is -0.121. The predicted molar refractivity (Wildman–Crippen MR) is 105 cm³/mol. The largest absolute Gasteiger partial charge is 0.494 e. The van der Waals surface area contributed by atoms with Crippen molar-refractivity contribution in [2.75, 3.05) is 13.2 Å². The minimum absolute atomic E-state index is 0.0582. The summed E-state index contributed by atoms with van der Waals surface area (Å²) >= 11 is 0. The summed E-state index contributed by atoms with van der Waals surface area (Å²) < 4.78 is 10.8. The Morgan fingerprint density at radius 1 is 1.07 bits per heavy atom. The zero-order chi connectivity index (χ0) is 19.3. The van der Waals surface area contributed by atoms with Crippen LogP contribution in [-0.2, 0) is 24.1 Å². The molecule has 0 radical (unpaired) electrons. The van der Waals surface area contributed by atoms with Crippen LogP contribution in [0.15, 0.2) is 28.8 Å². The van der Waals surface area contributed by atoms with Gasteiger partial charge in [0.15, 0.2) is 5.82 Å². The molecule has 1 aromatic carbocycles. The van der Waals surface area contributed by atoms with E-state index in [1.807, 2.05) is 12.1 Å². The first kappa shape index (κ1) is 20.9. The van der Waals surface area contributed by atoms with Gasteiger partial charge in [-0.3, -0.25) is 4.79 Å². The predicted octanol–water partition coefficient (Wildman–Crippen LogP) is 3.88. The van der Waals surface area contributed by atoms with E-state index in [9.17, 15) is 4.79 Å². The Hall–Kier alpha value is -2.37. The van der Waals surface area contributed by atoms with Gasteiger partial charge in [0, 0.05) is 25.8 Å². The van der Waals surface area contributed by atoms with Gasteiger partial charge in [-0.05, 0) is 43.4 Å². The third-order valence-corrected chi connectivity index (χ3v) is 4.20. The molecule has 0 bridgehead atoms. The van der Waals surface area contributed by atoms with Crippen LogP contribution in [0.1, 0.15) is 63.2 Å². The summed E-state index contributed by atoms with van der Waals surface area (Å²) in [4.78, 5) is 16.2. The zero-order valence-corrected chi connectivity index (χ0v) is 16.5. The van der Waals surface area contributed by atoms with E-state index in [1.165, 1.54) is 5.56 Å². The first-order chi connectivity index (χ1) is 13.2. The number of benzene rings is 1. The van der Waals surface area contributed by atoms with Gasteiger partial charge in [-0.1, -0.05) is 37.6 Å². The smallest absolute Gasteiger partial charge is 0.226 e. The Kier molecular flexibility index (Phi) is 9.38. The maximum atomic E-state index is 11.9. The maximum Gasteiger partial charge on any atom is 0.226 e. The highest BCUT2D eigenvalue weighted by molar-refractivity contribution is 5.75. The minimum Gasteiger partial charge on any atom is -0.494 e.